The molecule has 0 aliphatic heterocycles. The summed E-state index contributed by atoms with van der Waals surface area (Å²) in [5, 5.41) is 11.3. The van der Waals surface area contributed by atoms with Crippen molar-refractivity contribution in [1.29, 1.82) is 0 Å². The predicted molar refractivity (Wildman–Crippen MR) is 99.0 cm³/mol. The van der Waals surface area contributed by atoms with Gasteiger partial charge >= 0.3 is 0 Å². The molecule has 2 aromatic heterocycles. The minimum atomic E-state index is -0.0619. The first-order chi connectivity index (χ1) is 12.5. The van der Waals surface area contributed by atoms with Crippen molar-refractivity contribution in [3.05, 3.63) is 53.2 Å². The number of benzene rings is 1. The van der Waals surface area contributed by atoms with Gasteiger partial charge in [0.1, 0.15) is 6.54 Å². The number of carbonyl (C=O) groups is 1. The first kappa shape index (κ1) is 16.6. The molecule has 1 N–H and O–H groups in total. The van der Waals surface area contributed by atoms with E-state index >= 15 is 0 Å². The van der Waals surface area contributed by atoms with Crippen LogP contribution in [0.2, 0.25) is 0 Å². The Balaban J connectivity index is 1.53. The minimum Gasteiger partial charge on any atom is -0.420 e. The summed E-state index contributed by atoms with van der Waals surface area (Å²) in [6.07, 6.45) is 2.25. The van der Waals surface area contributed by atoms with Gasteiger partial charge in [0.05, 0.1) is 5.56 Å². The van der Waals surface area contributed by atoms with Crippen LogP contribution in [0.3, 0.4) is 0 Å². The van der Waals surface area contributed by atoms with Crippen LogP contribution in [0.4, 0.5) is 5.69 Å². The lowest BCUT2D eigenvalue weighted by Crippen LogP contribution is -2.20. The average Bonchev–Trinajstić information content (AvgIpc) is 3.27. The molecular weight excluding hydrogens is 328 g/mol. The Morgan fingerprint density at radius 1 is 1.23 bits per heavy atom. The molecule has 2 heterocycles. The number of carbonyl (C=O) groups excluding carboxylic acids is 1. The molecule has 6 nitrogen and oxygen atoms in total. The van der Waals surface area contributed by atoms with E-state index in [-0.39, 0.29) is 12.5 Å². The lowest BCUT2D eigenvalue weighted by atomic mass is 10.2. The highest BCUT2D eigenvalue weighted by atomic mass is 16.4. The summed E-state index contributed by atoms with van der Waals surface area (Å²) in [6.45, 7) is 6.20. The Hall–Kier alpha value is -2.89. The normalized spacial score (nSPS) is 13.8. The summed E-state index contributed by atoms with van der Waals surface area (Å²) in [6, 6.07) is 9.78. The topological polar surface area (TPSA) is 73.0 Å². The van der Waals surface area contributed by atoms with Gasteiger partial charge in [-0.2, -0.15) is 0 Å². The molecule has 1 aliphatic carbocycles. The number of hydrogen-bond donors (Lipinski definition) is 1. The molecule has 3 aromatic rings. The van der Waals surface area contributed by atoms with Crippen LogP contribution in [0, 0.1) is 20.8 Å². The molecule has 26 heavy (non-hydrogen) atoms. The lowest BCUT2D eigenvalue weighted by molar-refractivity contribution is -0.116. The Morgan fingerprint density at radius 2 is 2.04 bits per heavy atom. The third-order valence-corrected chi connectivity index (χ3v) is 4.77. The van der Waals surface area contributed by atoms with Crippen LogP contribution >= 0.6 is 0 Å². The third kappa shape index (κ3) is 3.27. The fraction of sp³-hybridized carbons (Fsp3) is 0.350. The minimum absolute atomic E-state index is 0.0619. The zero-order chi connectivity index (χ0) is 18.3. The van der Waals surface area contributed by atoms with Crippen molar-refractivity contribution < 1.29 is 9.21 Å². The molecule has 134 valence electrons. The maximum absolute atomic E-state index is 12.5. The summed E-state index contributed by atoms with van der Waals surface area (Å²) in [4.78, 5) is 12.5. The van der Waals surface area contributed by atoms with Crippen molar-refractivity contribution in [2.75, 3.05) is 5.32 Å². The monoisotopic (exact) mass is 350 g/mol. The van der Waals surface area contributed by atoms with Crippen molar-refractivity contribution in [3.8, 4) is 11.5 Å². The Kier molecular flexibility index (Phi) is 4.11. The lowest BCUT2D eigenvalue weighted by Gasteiger charge is -2.10. The maximum Gasteiger partial charge on any atom is 0.249 e. The summed E-state index contributed by atoms with van der Waals surface area (Å²) in [7, 11) is 0. The second kappa shape index (κ2) is 6.44. The molecule has 0 radical (unpaired) electrons. The van der Waals surface area contributed by atoms with E-state index < -0.39 is 0 Å². The molecule has 1 aliphatic rings. The number of aromatic nitrogens is 3. The molecule has 0 bridgehead atoms. The molecule has 0 saturated heterocycles. The Bertz CT molecular complexity index is 966. The first-order valence-corrected chi connectivity index (χ1v) is 8.88. The molecule has 1 amide bonds. The number of rotatable bonds is 5. The number of amides is 1. The second-order valence-corrected chi connectivity index (χ2v) is 7.01. The van der Waals surface area contributed by atoms with E-state index in [1.54, 1.807) is 0 Å². The highest BCUT2D eigenvalue weighted by Gasteiger charge is 2.30. The fourth-order valence-corrected chi connectivity index (χ4v) is 3.17. The molecule has 0 atom stereocenters. The number of aryl methyl sites for hydroxylation is 2. The van der Waals surface area contributed by atoms with Gasteiger partial charge in [-0.25, -0.2) is 0 Å². The third-order valence-electron chi connectivity index (χ3n) is 4.77. The smallest absolute Gasteiger partial charge is 0.249 e. The number of anilines is 1. The van der Waals surface area contributed by atoms with Gasteiger partial charge in [0.2, 0.25) is 17.7 Å². The van der Waals surface area contributed by atoms with Crippen LogP contribution < -0.4 is 5.32 Å². The van der Waals surface area contributed by atoms with Crippen molar-refractivity contribution in [2.45, 2.75) is 46.1 Å². The molecule has 1 saturated carbocycles. The van der Waals surface area contributed by atoms with Gasteiger partial charge in [0, 0.05) is 23.0 Å². The van der Waals surface area contributed by atoms with Gasteiger partial charge in [0.25, 0.3) is 0 Å². The van der Waals surface area contributed by atoms with E-state index in [0.29, 0.717) is 11.8 Å². The molecule has 0 unspecified atom stereocenters. The summed E-state index contributed by atoms with van der Waals surface area (Å²) in [5.41, 5.74) is 4.76. The van der Waals surface area contributed by atoms with E-state index in [4.69, 9.17) is 4.42 Å². The maximum atomic E-state index is 12.5. The molecule has 1 aromatic carbocycles. The van der Waals surface area contributed by atoms with Gasteiger partial charge in [-0.3, -0.25) is 4.79 Å². The van der Waals surface area contributed by atoms with Crippen molar-refractivity contribution in [3.63, 3.8) is 0 Å². The van der Waals surface area contributed by atoms with E-state index in [1.807, 2.05) is 55.7 Å². The second-order valence-electron chi connectivity index (χ2n) is 7.01. The van der Waals surface area contributed by atoms with Crippen molar-refractivity contribution in [2.24, 2.45) is 0 Å². The van der Waals surface area contributed by atoms with Crippen LogP contribution in [0.15, 0.2) is 34.7 Å². The largest absolute Gasteiger partial charge is 0.420 e. The van der Waals surface area contributed by atoms with E-state index in [0.717, 1.165) is 46.9 Å². The van der Waals surface area contributed by atoms with E-state index in [2.05, 4.69) is 15.5 Å². The van der Waals surface area contributed by atoms with Gasteiger partial charge in [-0.1, -0.05) is 12.1 Å². The molecule has 0 spiro atoms. The van der Waals surface area contributed by atoms with Gasteiger partial charge in [0.15, 0.2) is 0 Å². The van der Waals surface area contributed by atoms with Gasteiger partial charge < -0.3 is 14.3 Å². The fourth-order valence-electron chi connectivity index (χ4n) is 3.17. The SMILES string of the molecule is Cc1cccc(NC(=O)Cn2c(C)cc(-c3nnc(C4CC4)o3)c2C)c1. The van der Waals surface area contributed by atoms with Crippen molar-refractivity contribution in [1.82, 2.24) is 14.8 Å². The summed E-state index contributed by atoms with van der Waals surface area (Å²) < 4.78 is 7.79. The predicted octanol–water partition coefficient (Wildman–Crippen LogP) is 3.98. The number of nitrogens with one attached hydrogen (secondary N) is 1. The van der Waals surface area contributed by atoms with Crippen LogP contribution in [0.5, 0.6) is 0 Å². The zero-order valence-electron chi connectivity index (χ0n) is 15.2. The molecule has 1 fully saturated rings. The average molecular weight is 350 g/mol. The standard InChI is InChI=1S/C20H22N4O2/c1-12-5-4-6-16(9-12)21-18(25)11-24-13(2)10-17(14(24)3)20-23-22-19(26-20)15-7-8-15/h4-6,9-10,15H,7-8,11H2,1-3H3,(H,21,25). The molecular formula is C20H22N4O2. The highest BCUT2D eigenvalue weighted by molar-refractivity contribution is 5.90. The molecule has 4 rings (SSSR count). The first-order valence-electron chi connectivity index (χ1n) is 8.88. The Labute approximate surface area is 152 Å². The molecule has 6 heteroatoms. The van der Waals surface area contributed by atoms with Crippen molar-refractivity contribution >= 4 is 11.6 Å². The van der Waals surface area contributed by atoms with Crippen LogP contribution in [0.25, 0.3) is 11.5 Å². The van der Waals surface area contributed by atoms with Gasteiger partial charge in [-0.05, 0) is 57.4 Å². The van der Waals surface area contributed by atoms with Crippen LogP contribution in [-0.4, -0.2) is 20.7 Å². The quantitative estimate of drug-likeness (QED) is 0.755. The van der Waals surface area contributed by atoms with E-state index in [1.165, 1.54) is 0 Å². The number of nitrogens with zero attached hydrogens (tertiary/aromatic N) is 3. The zero-order valence-corrected chi connectivity index (χ0v) is 15.2. The van der Waals surface area contributed by atoms with Crippen LogP contribution in [0.1, 0.15) is 41.6 Å². The van der Waals surface area contributed by atoms with Crippen LogP contribution in [-0.2, 0) is 11.3 Å². The Morgan fingerprint density at radius 3 is 2.77 bits per heavy atom. The van der Waals surface area contributed by atoms with Gasteiger partial charge in [-0.15, -0.1) is 10.2 Å². The number of hydrogen-bond acceptors (Lipinski definition) is 4. The highest BCUT2D eigenvalue weighted by Crippen LogP contribution is 2.40. The summed E-state index contributed by atoms with van der Waals surface area (Å²) in [5.74, 6) is 1.63. The summed E-state index contributed by atoms with van der Waals surface area (Å²) >= 11 is 0. The van der Waals surface area contributed by atoms with E-state index in [9.17, 15) is 4.79 Å².